The summed E-state index contributed by atoms with van der Waals surface area (Å²) in [6, 6.07) is 5.69. The van der Waals surface area contributed by atoms with E-state index in [2.05, 4.69) is 4.74 Å². The second-order valence-corrected chi connectivity index (χ2v) is 4.90. The molecule has 0 saturated carbocycles. The van der Waals surface area contributed by atoms with E-state index in [1.165, 1.54) is 0 Å². The van der Waals surface area contributed by atoms with E-state index in [0.29, 0.717) is 12.0 Å². The Labute approximate surface area is 116 Å². The molecular weight excluding hydrogens is 300 g/mol. The normalized spacial score (nSPS) is 23.2. The zero-order valence-electron chi connectivity index (χ0n) is 10.7. The van der Waals surface area contributed by atoms with E-state index in [0.717, 1.165) is 5.56 Å². The van der Waals surface area contributed by atoms with Crippen LogP contribution >= 0.6 is 0 Å². The molecule has 21 heavy (non-hydrogen) atoms. The smallest absolute Gasteiger partial charge is 0.356 e. The highest BCUT2D eigenvalue weighted by Gasteiger charge is 2.59. The van der Waals surface area contributed by atoms with Gasteiger partial charge in [0.25, 0.3) is 0 Å². The summed E-state index contributed by atoms with van der Waals surface area (Å²) in [4.78, 5) is 0. The third-order valence-corrected chi connectivity index (χ3v) is 3.42. The van der Waals surface area contributed by atoms with Gasteiger partial charge < -0.3 is 10.5 Å². The third-order valence-electron chi connectivity index (χ3n) is 3.42. The summed E-state index contributed by atoms with van der Waals surface area (Å²) in [6.45, 7) is 0. The summed E-state index contributed by atoms with van der Waals surface area (Å²) in [5.74, 6) is 0. The van der Waals surface area contributed by atoms with Gasteiger partial charge in [0.2, 0.25) is 6.10 Å². The molecule has 0 amide bonds. The molecule has 0 saturated heterocycles. The molecule has 0 fully saturated rings. The molecule has 2 unspecified atom stereocenters. The zero-order valence-corrected chi connectivity index (χ0v) is 10.7. The van der Waals surface area contributed by atoms with Gasteiger partial charge >= 0.3 is 12.4 Å². The quantitative estimate of drug-likeness (QED) is 0.848. The molecule has 1 aliphatic rings. The summed E-state index contributed by atoms with van der Waals surface area (Å²) in [5.41, 5.74) is 7.11. The fourth-order valence-corrected chi connectivity index (χ4v) is 2.43. The summed E-state index contributed by atoms with van der Waals surface area (Å²) in [6.07, 6.45) is -15.8. The second kappa shape index (κ2) is 5.49. The number of ether oxygens (including phenoxy) is 1. The number of rotatable bonds is 2. The molecule has 2 atom stereocenters. The van der Waals surface area contributed by atoms with E-state index in [9.17, 15) is 26.3 Å². The lowest BCUT2D eigenvalue weighted by atomic mass is 9.86. The zero-order chi connectivity index (χ0) is 15.8. The number of fused-ring (bicyclic) bond motifs is 1. The van der Waals surface area contributed by atoms with Crippen LogP contribution in [-0.2, 0) is 11.2 Å². The molecule has 1 aliphatic carbocycles. The van der Waals surface area contributed by atoms with Gasteiger partial charge in [0, 0.05) is 0 Å². The molecule has 118 valence electrons. The first kappa shape index (κ1) is 16.1. The monoisotopic (exact) mass is 313 g/mol. The number of alkyl halides is 6. The maximum Gasteiger partial charge on any atom is 0.423 e. The molecular formula is C13H13F6NO. The van der Waals surface area contributed by atoms with Gasteiger partial charge in [-0.2, -0.15) is 26.3 Å². The van der Waals surface area contributed by atoms with Crippen molar-refractivity contribution in [1.29, 1.82) is 0 Å². The first-order chi connectivity index (χ1) is 9.60. The van der Waals surface area contributed by atoms with Crippen molar-refractivity contribution in [1.82, 2.24) is 0 Å². The number of aryl methyl sites for hydroxylation is 1. The Morgan fingerprint density at radius 3 is 2.19 bits per heavy atom. The fraction of sp³-hybridized carbons (Fsp3) is 0.538. The molecule has 1 aromatic carbocycles. The number of nitrogens with two attached hydrogens (primary N) is 1. The summed E-state index contributed by atoms with van der Waals surface area (Å²) >= 11 is 0. The molecule has 0 aromatic heterocycles. The Morgan fingerprint density at radius 1 is 1.05 bits per heavy atom. The van der Waals surface area contributed by atoms with Gasteiger partial charge in [0.05, 0.1) is 12.1 Å². The van der Waals surface area contributed by atoms with Crippen molar-refractivity contribution >= 4 is 0 Å². The standard InChI is InChI=1S/C13H13F6NO/c14-12(15,16)11(13(17,18)19)21-9-6-5-7-3-1-2-4-8(7)10(9)20/h1-4,9-11H,5-6,20H2. The van der Waals surface area contributed by atoms with Crippen molar-refractivity contribution in [2.45, 2.75) is 43.4 Å². The Hall–Kier alpha value is -1.28. The van der Waals surface area contributed by atoms with Crippen molar-refractivity contribution in [2.24, 2.45) is 5.73 Å². The Balaban J connectivity index is 2.20. The SMILES string of the molecule is NC1c2ccccc2CCC1OC(C(F)(F)F)C(F)(F)F. The molecule has 0 radical (unpaired) electrons. The van der Waals surface area contributed by atoms with Gasteiger partial charge in [0.15, 0.2) is 0 Å². The first-order valence-electron chi connectivity index (χ1n) is 6.23. The molecule has 2 nitrogen and oxygen atoms in total. The lowest BCUT2D eigenvalue weighted by molar-refractivity contribution is -0.332. The fourth-order valence-electron chi connectivity index (χ4n) is 2.43. The minimum absolute atomic E-state index is 0.0147. The molecule has 2 N–H and O–H groups in total. The average Bonchev–Trinajstić information content (AvgIpc) is 2.35. The van der Waals surface area contributed by atoms with Crippen LogP contribution in [0.1, 0.15) is 23.6 Å². The highest BCUT2D eigenvalue weighted by atomic mass is 19.4. The van der Waals surface area contributed by atoms with Crippen molar-refractivity contribution < 1.29 is 31.1 Å². The van der Waals surface area contributed by atoms with Crippen LogP contribution in [0.5, 0.6) is 0 Å². The van der Waals surface area contributed by atoms with Crippen molar-refractivity contribution in [2.75, 3.05) is 0 Å². The van der Waals surface area contributed by atoms with Crippen LogP contribution in [0.15, 0.2) is 24.3 Å². The highest BCUT2D eigenvalue weighted by Crippen LogP contribution is 2.39. The molecule has 8 heteroatoms. The number of hydrogen-bond acceptors (Lipinski definition) is 2. The van der Waals surface area contributed by atoms with E-state index < -0.39 is 30.6 Å². The van der Waals surface area contributed by atoms with Gasteiger partial charge in [-0.05, 0) is 24.0 Å². The van der Waals surface area contributed by atoms with Crippen molar-refractivity contribution in [3.63, 3.8) is 0 Å². The largest absolute Gasteiger partial charge is 0.423 e. The van der Waals surface area contributed by atoms with Crippen LogP contribution in [-0.4, -0.2) is 24.6 Å². The Kier molecular flexibility index (Phi) is 4.21. The predicted molar refractivity (Wildman–Crippen MR) is 62.5 cm³/mol. The topological polar surface area (TPSA) is 35.2 Å². The molecule has 0 heterocycles. The van der Waals surface area contributed by atoms with E-state index in [1.807, 2.05) is 0 Å². The number of hydrogen-bond donors (Lipinski definition) is 1. The van der Waals surface area contributed by atoms with E-state index >= 15 is 0 Å². The number of halogens is 6. The van der Waals surface area contributed by atoms with Crippen LogP contribution in [0.4, 0.5) is 26.3 Å². The maximum atomic E-state index is 12.5. The molecule has 0 aliphatic heterocycles. The lowest BCUT2D eigenvalue weighted by Gasteiger charge is -2.34. The Bertz CT molecular complexity index is 484. The summed E-state index contributed by atoms with van der Waals surface area (Å²) in [5, 5.41) is 0. The molecule has 0 spiro atoms. The van der Waals surface area contributed by atoms with Gasteiger partial charge in [0.1, 0.15) is 0 Å². The summed E-state index contributed by atoms with van der Waals surface area (Å²) < 4.78 is 79.4. The highest BCUT2D eigenvalue weighted by molar-refractivity contribution is 5.33. The van der Waals surface area contributed by atoms with Crippen LogP contribution in [0.3, 0.4) is 0 Å². The minimum atomic E-state index is -5.52. The predicted octanol–water partition coefficient (Wildman–Crippen LogP) is 3.51. The van der Waals surface area contributed by atoms with Crippen molar-refractivity contribution in [3.8, 4) is 0 Å². The minimum Gasteiger partial charge on any atom is -0.356 e. The van der Waals surface area contributed by atoms with Gasteiger partial charge in [-0.1, -0.05) is 24.3 Å². The average molecular weight is 313 g/mol. The van der Waals surface area contributed by atoms with E-state index in [1.54, 1.807) is 24.3 Å². The molecule has 1 aromatic rings. The Morgan fingerprint density at radius 2 is 1.62 bits per heavy atom. The van der Waals surface area contributed by atoms with Crippen molar-refractivity contribution in [3.05, 3.63) is 35.4 Å². The van der Waals surface area contributed by atoms with Crippen LogP contribution in [0.2, 0.25) is 0 Å². The van der Waals surface area contributed by atoms with Gasteiger partial charge in [-0.25, -0.2) is 0 Å². The van der Waals surface area contributed by atoms with Crippen LogP contribution < -0.4 is 5.73 Å². The second-order valence-electron chi connectivity index (χ2n) is 4.90. The van der Waals surface area contributed by atoms with E-state index in [4.69, 9.17) is 5.73 Å². The van der Waals surface area contributed by atoms with Gasteiger partial charge in [-0.15, -0.1) is 0 Å². The van der Waals surface area contributed by atoms with Crippen LogP contribution in [0.25, 0.3) is 0 Å². The summed E-state index contributed by atoms with van der Waals surface area (Å²) in [7, 11) is 0. The van der Waals surface area contributed by atoms with Gasteiger partial charge in [-0.3, -0.25) is 0 Å². The van der Waals surface area contributed by atoms with Crippen LogP contribution in [0, 0.1) is 0 Å². The van der Waals surface area contributed by atoms with E-state index in [-0.39, 0.29) is 6.42 Å². The molecule has 2 rings (SSSR count). The lowest BCUT2D eigenvalue weighted by Crippen LogP contribution is -2.49. The maximum absolute atomic E-state index is 12.5. The first-order valence-corrected chi connectivity index (χ1v) is 6.23. The molecule has 0 bridgehead atoms. The third kappa shape index (κ3) is 3.49. The number of benzene rings is 1.